The number of carbonyl (C=O) groups is 4. The molecule has 9 heteroatoms. The summed E-state index contributed by atoms with van der Waals surface area (Å²) in [4.78, 5) is 44.2. The molecule has 0 aliphatic heterocycles. The summed E-state index contributed by atoms with van der Waals surface area (Å²) in [5, 5.41) is 18.3. The second-order valence-corrected chi connectivity index (χ2v) is 8.61. The van der Waals surface area contributed by atoms with Crippen molar-refractivity contribution in [3.8, 4) is 0 Å². The zero-order valence-corrected chi connectivity index (χ0v) is 15.7. The van der Waals surface area contributed by atoms with Gasteiger partial charge >= 0.3 is 17.9 Å². The number of aldehydes is 1. The van der Waals surface area contributed by atoms with Crippen LogP contribution in [-0.2, 0) is 23.9 Å². The summed E-state index contributed by atoms with van der Waals surface area (Å²) in [5.41, 5.74) is -0.656. The predicted molar refractivity (Wildman–Crippen MR) is 93.2 cm³/mol. The van der Waals surface area contributed by atoms with Crippen LogP contribution in [0.1, 0.15) is 33.6 Å². The van der Waals surface area contributed by atoms with Gasteiger partial charge in [-0.3, -0.25) is 14.4 Å². The van der Waals surface area contributed by atoms with Gasteiger partial charge < -0.3 is 19.7 Å². The monoisotopic (exact) mass is 380 g/mol. The molecule has 0 aromatic rings. The summed E-state index contributed by atoms with van der Waals surface area (Å²) in [6, 6.07) is 0. The highest BCUT2D eigenvalue weighted by Gasteiger charge is 2.25. The molecule has 2 unspecified atom stereocenters. The van der Waals surface area contributed by atoms with E-state index in [-0.39, 0.29) is 18.6 Å². The first-order valence-electron chi connectivity index (χ1n) is 7.32. The molecule has 0 spiro atoms. The van der Waals surface area contributed by atoms with Crippen molar-refractivity contribution in [3.05, 3.63) is 0 Å². The van der Waals surface area contributed by atoms with Crippen molar-refractivity contribution in [2.45, 2.75) is 39.2 Å². The Morgan fingerprint density at radius 3 is 2.12 bits per heavy atom. The van der Waals surface area contributed by atoms with E-state index in [1.54, 1.807) is 20.8 Å². The third kappa shape index (κ3) is 12.2. The van der Waals surface area contributed by atoms with E-state index >= 15 is 0 Å². The minimum atomic E-state index is -1.06. The Labute approximate surface area is 149 Å². The highest BCUT2D eigenvalue weighted by Crippen LogP contribution is 2.21. The fourth-order valence-corrected chi connectivity index (χ4v) is 3.91. The van der Waals surface area contributed by atoms with Gasteiger partial charge in [-0.2, -0.15) is 23.5 Å². The molecule has 2 N–H and O–H groups in total. The van der Waals surface area contributed by atoms with Crippen LogP contribution in [0.15, 0.2) is 0 Å². The minimum absolute atomic E-state index is 0.194. The van der Waals surface area contributed by atoms with Gasteiger partial charge in [0.15, 0.2) is 0 Å². The second-order valence-electron chi connectivity index (χ2n) is 6.18. The maximum atomic E-state index is 11.7. The van der Waals surface area contributed by atoms with E-state index in [1.807, 2.05) is 0 Å². The third-order valence-corrected chi connectivity index (χ3v) is 5.26. The topological polar surface area (TPSA) is 118 Å². The lowest BCUT2D eigenvalue weighted by atomic mass is 10.1. The van der Waals surface area contributed by atoms with Gasteiger partial charge in [0, 0.05) is 22.5 Å². The van der Waals surface area contributed by atoms with Crippen molar-refractivity contribution in [1.82, 2.24) is 0 Å². The molecule has 0 rings (SSSR count). The Kier molecular flexibility index (Phi) is 10.8. The standard InChI is InChI=1S/C15H24O7S2/c1-15(2,3)22-13(19)5-11(14(20)21)8-24-9-23-7-10(6-16)4-12(17)18/h6,10-11H,4-5,7-9H2,1-3H3,(H,17,18)(H,20,21). The molecule has 24 heavy (non-hydrogen) atoms. The second kappa shape index (κ2) is 11.4. The largest absolute Gasteiger partial charge is 0.481 e. The molecule has 0 heterocycles. The Morgan fingerprint density at radius 1 is 1.08 bits per heavy atom. The summed E-state index contributed by atoms with van der Waals surface area (Å²) in [6.45, 7) is 5.14. The van der Waals surface area contributed by atoms with E-state index < -0.39 is 35.3 Å². The lowest BCUT2D eigenvalue weighted by molar-refractivity contribution is -0.159. The first-order chi connectivity index (χ1) is 11.0. The van der Waals surface area contributed by atoms with Gasteiger partial charge in [0.2, 0.25) is 0 Å². The van der Waals surface area contributed by atoms with Crippen LogP contribution in [0, 0.1) is 11.8 Å². The van der Waals surface area contributed by atoms with Gasteiger partial charge in [0.1, 0.15) is 11.9 Å². The van der Waals surface area contributed by atoms with Gasteiger partial charge in [0.25, 0.3) is 0 Å². The van der Waals surface area contributed by atoms with E-state index in [9.17, 15) is 19.2 Å². The first-order valence-corrected chi connectivity index (χ1v) is 9.63. The van der Waals surface area contributed by atoms with Gasteiger partial charge in [-0.05, 0) is 20.8 Å². The van der Waals surface area contributed by atoms with Crippen molar-refractivity contribution >= 4 is 47.7 Å². The van der Waals surface area contributed by atoms with Crippen LogP contribution in [0.25, 0.3) is 0 Å². The fraction of sp³-hybridized carbons (Fsp3) is 0.733. The summed E-state index contributed by atoms with van der Waals surface area (Å²) in [7, 11) is 0. The Hall–Kier alpha value is -1.22. The number of carbonyl (C=O) groups excluding carboxylic acids is 2. The number of rotatable bonds is 12. The van der Waals surface area contributed by atoms with Crippen molar-refractivity contribution < 1.29 is 34.1 Å². The van der Waals surface area contributed by atoms with Crippen molar-refractivity contribution in [2.24, 2.45) is 11.8 Å². The van der Waals surface area contributed by atoms with Crippen LogP contribution in [0.5, 0.6) is 0 Å². The zero-order chi connectivity index (χ0) is 18.8. The molecule has 0 saturated carbocycles. The average Bonchev–Trinajstić information content (AvgIpc) is 2.41. The molecule has 0 aliphatic rings. The van der Waals surface area contributed by atoms with Gasteiger partial charge in [0.05, 0.1) is 18.8 Å². The molecule has 0 aliphatic carbocycles. The molecule has 0 aromatic carbocycles. The summed E-state index contributed by atoms with van der Waals surface area (Å²) >= 11 is 2.70. The number of esters is 1. The SMILES string of the molecule is CC(C)(C)OC(=O)CC(CSCSCC(C=O)CC(=O)O)C(=O)O. The highest BCUT2D eigenvalue weighted by atomic mass is 32.2. The summed E-state index contributed by atoms with van der Waals surface area (Å²) in [5.74, 6) is -3.42. The van der Waals surface area contributed by atoms with Crippen LogP contribution in [0.3, 0.4) is 0 Å². The molecule has 0 aromatic heterocycles. The van der Waals surface area contributed by atoms with Crippen molar-refractivity contribution in [3.63, 3.8) is 0 Å². The zero-order valence-electron chi connectivity index (χ0n) is 14.0. The van der Waals surface area contributed by atoms with E-state index in [0.717, 1.165) is 0 Å². The molecule has 0 radical (unpaired) electrons. The van der Waals surface area contributed by atoms with Crippen molar-refractivity contribution in [1.29, 1.82) is 0 Å². The Balaban J connectivity index is 4.14. The molecular weight excluding hydrogens is 356 g/mol. The maximum absolute atomic E-state index is 11.7. The van der Waals surface area contributed by atoms with Crippen LogP contribution >= 0.6 is 23.5 Å². The van der Waals surface area contributed by atoms with Crippen LogP contribution in [-0.4, -0.2) is 56.6 Å². The summed E-state index contributed by atoms with van der Waals surface area (Å²) < 4.78 is 5.12. The number of ether oxygens (including phenoxy) is 1. The molecular formula is C15H24O7S2. The molecule has 2 atom stereocenters. The van der Waals surface area contributed by atoms with E-state index in [2.05, 4.69) is 0 Å². The number of thioether (sulfide) groups is 2. The lowest BCUT2D eigenvalue weighted by Crippen LogP contribution is -2.28. The molecule has 138 valence electrons. The number of aliphatic carboxylic acids is 2. The van der Waals surface area contributed by atoms with Gasteiger partial charge in [-0.1, -0.05) is 0 Å². The van der Waals surface area contributed by atoms with Gasteiger partial charge in [-0.25, -0.2) is 0 Å². The van der Waals surface area contributed by atoms with E-state index in [4.69, 9.17) is 14.9 Å². The third-order valence-electron chi connectivity index (χ3n) is 2.63. The number of hydrogen-bond acceptors (Lipinski definition) is 7. The normalized spacial score (nSPS) is 13.8. The summed E-state index contributed by atoms with van der Waals surface area (Å²) in [6.07, 6.45) is 0.214. The van der Waals surface area contributed by atoms with Crippen LogP contribution in [0.4, 0.5) is 0 Å². The molecule has 7 nitrogen and oxygen atoms in total. The number of carboxylic acid groups (broad SMARTS) is 2. The first kappa shape index (κ1) is 22.8. The van der Waals surface area contributed by atoms with Gasteiger partial charge in [-0.15, -0.1) is 0 Å². The fourth-order valence-electron chi connectivity index (χ4n) is 1.62. The van der Waals surface area contributed by atoms with Crippen LogP contribution < -0.4 is 0 Å². The minimum Gasteiger partial charge on any atom is -0.481 e. The van der Waals surface area contributed by atoms with E-state index in [1.165, 1.54) is 23.5 Å². The number of carboxylic acids is 2. The average molecular weight is 380 g/mol. The molecule has 0 amide bonds. The number of hydrogen-bond donors (Lipinski definition) is 2. The highest BCUT2D eigenvalue weighted by molar-refractivity contribution is 8.16. The quantitative estimate of drug-likeness (QED) is 0.227. The maximum Gasteiger partial charge on any atom is 0.307 e. The predicted octanol–water partition coefficient (Wildman–Crippen LogP) is 2.13. The Morgan fingerprint density at radius 2 is 1.67 bits per heavy atom. The van der Waals surface area contributed by atoms with Crippen molar-refractivity contribution in [2.75, 3.05) is 16.6 Å². The molecule has 0 saturated heterocycles. The van der Waals surface area contributed by atoms with E-state index in [0.29, 0.717) is 17.1 Å². The molecule has 0 fully saturated rings. The Bertz CT molecular complexity index is 446. The molecule has 0 bridgehead atoms. The lowest BCUT2D eigenvalue weighted by Gasteiger charge is -2.20. The smallest absolute Gasteiger partial charge is 0.307 e. The van der Waals surface area contributed by atoms with Crippen LogP contribution in [0.2, 0.25) is 0 Å².